The minimum absolute atomic E-state index is 0.0827. The van der Waals surface area contributed by atoms with E-state index in [4.69, 9.17) is 4.74 Å². The van der Waals surface area contributed by atoms with Crippen LogP contribution in [0.25, 0.3) is 0 Å². The molecule has 9 heteroatoms. The van der Waals surface area contributed by atoms with E-state index in [9.17, 15) is 18.0 Å². The normalized spacial score (nSPS) is 11.5. The maximum absolute atomic E-state index is 12.7. The second-order valence-electron chi connectivity index (χ2n) is 6.25. The number of amides is 1. The van der Waals surface area contributed by atoms with Gasteiger partial charge in [-0.15, -0.1) is 0 Å². The van der Waals surface area contributed by atoms with Crippen LogP contribution in [0.2, 0.25) is 0 Å². The van der Waals surface area contributed by atoms with Crippen LogP contribution in [0.15, 0.2) is 41.4 Å². The van der Waals surface area contributed by atoms with E-state index in [2.05, 4.69) is 5.32 Å². The molecule has 1 amide bonds. The van der Waals surface area contributed by atoms with Gasteiger partial charge in [-0.25, -0.2) is 13.2 Å². The molecule has 1 heterocycles. The first-order valence-electron chi connectivity index (χ1n) is 8.87. The van der Waals surface area contributed by atoms with Gasteiger partial charge in [-0.3, -0.25) is 4.79 Å². The zero-order valence-corrected chi connectivity index (χ0v) is 17.2. The van der Waals surface area contributed by atoms with Crippen molar-refractivity contribution in [2.75, 3.05) is 25.5 Å². The third-order valence-corrected chi connectivity index (χ3v) is 5.95. The summed E-state index contributed by atoms with van der Waals surface area (Å²) in [6, 6.07) is 8.58. The number of aromatic nitrogens is 1. The molecule has 2 aromatic rings. The van der Waals surface area contributed by atoms with Crippen LogP contribution in [0.3, 0.4) is 0 Å². The molecular formula is C19H25N3O5S. The minimum atomic E-state index is -3.94. The Balaban J connectivity index is 2.09. The van der Waals surface area contributed by atoms with Crippen molar-refractivity contribution in [3.63, 3.8) is 0 Å². The maximum Gasteiger partial charge on any atom is 0.354 e. The Morgan fingerprint density at radius 2 is 1.82 bits per heavy atom. The number of benzene rings is 1. The van der Waals surface area contributed by atoms with E-state index < -0.39 is 21.9 Å². The van der Waals surface area contributed by atoms with Crippen molar-refractivity contribution >= 4 is 27.6 Å². The van der Waals surface area contributed by atoms with E-state index in [0.717, 1.165) is 16.3 Å². The van der Waals surface area contributed by atoms with Gasteiger partial charge in [-0.1, -0.05) is 19.1 Å². The number of likely N-dealkylation sites (N-methyl/N-ethyl adjacent to an activating group) is 1. The Kier molecular flexibility index (Phi) is 6.98. The molecule has 0 saturated heterocycles. The van der Waals surface area contributed by atoms with Crippen molar-refractivity contribution < 1.29 is 22.7 Å². The zero-order chi connectivity index (χ0) is 20.9. The molecule has 0 aliphatic heterocycles. The highest BCUT2D eigenvalue weighted by Crippen LogP contribution is 2.18. The summed E-state index contributed by atoms with van der Waals surface area (Å²) < 4.78 is 32.7. The van der Waals surface area contributed by atoms with Crippen LogP contribution < -0.4 is 5.32 Å². The first-order valence-corrected chi connectivity index (χ1v) is 10.3. The highest BCUT2D eigenvalue weighted by atomic mass is 32.2. The Morgan fingerprint density at radius 1 is 1.18 bits per heavy atom. The highest BCUT2D eigenvalue weighted by molar-refractivity contribution is 7.89. The van der Waals surface area contributed by atoms with E-state index in [1.165, 1.54) is 23.9 Å². The van der Waals surface area contributed by atoms with E-state index in [0.29, 0.717) is 5.69 Å². The minimum Gasteiger partial charge on any atom is -0.461 e. The quantitative estimate of drug-likeness (QED) is 0.675. The molecule has 1 aromatic carbocycles. The van der Waals surface area contributed by atoms with Gasteiger partial charge in [0.1, 0.15) is 10.6 Å². The monoisotopic (exact) mass is 407 g/mol. The van der Waals surface area contributed by atoms with Crippen LogP contribution in [0.5, 0.6) is 0 Å². The molecule has 0 fully saturated rings. The van der Waals surface area contributed by atoms with Gasteiger partial charge in [0.25, 0.3) is 0 Å². The first-order chi connectivity index (χ1) is 13.2. The summed E-state index contributed by atoms with van der Waals surface area (Å²) in [6.45, 7) is 3.53. The fourth-order valence-corrected chi connectivity index (χ4v) is 3.77. The molecule has 0 bridgehead atoms. The number of ether oxygens (including phenoxy) is 1. The molecule has 152 valence electrons. The van der Waals surface area contributed by atoms with Crippen LogP contribution in [0.1, 0.15) is 29.9 Å². The lowest BCUT2D eigenvalue weighted by Gasteiger charge is -2.16. The van der Waals surface area contributed by atoms with Gasteiger partial charge in [-0.05, 0) is 37.1 Å². The molecule has 2 rings (SSSR count). The van der Waals surface area contributed by atoms with Crippen molar-refractivity contribution in [1.29, 1.82) is 0 Å². The van der Waals surface area contributed by atoms with E-state index >= 15 is 0 Å². The highest BCUT2D eigenvalue weighted by Gasteiger charge is 2.26. The third-order valence-electron chi connectivity index (χ3n) is 4.18. The molecule has 0 aliphatic carbocycles. The van der Waals surface area contributed by atoms with Gasteiger partial charge < -0.3 is 14.6 Å². The Bertz CT molecular complexity index is 948. The zero-order valence-electron chi connectivity index (χ0n) is 16.4. The number of anilines is 1. The predicted octanol–water partition coefficient (Wildman–Crippen LogP) is 2.02. The molecule has 0 radical (unpaired) electrons. The summed E-state index contributed by atoms with van der Waals surface area (Å²) in [6.07, 6.45) is 2.21. The molecule has 1 aromatic heterocycles. The topological polar surface area (TPSA) is 97.7 Å². The van der Waals surface area contributed by atoms with Gasteiger partial charge >= 0.3 is 5.97 Å². The van der Waals surface area contributed by atoms with E-state index in [1.54, 1.807) is 26.1 Å². The number of carbonyl (C=O) groups excluding carboxylic acids is 2. The number of carbonyl (C=O) groups is 2. The van der Waals surface area contributed by atoms with Gasteiger partial charge in [0.15, 0.2) is 0 Å². The van der Waals surface area contributed by atoms with Crippen molar-refractivity contribution in [2.45, 2.75) is 25.2 Å². The van der Waals surface area contributed by atoms with Gasteiger partial charge in [0.2, 0.25) is 15.9 Å². The van der Waals surface area contributed by atoms with Crippen molar-refractivity contribution in [3.05, 3.63) is 47.8 Å². The van der Waals surface area contributed by atoms with Crippen LogP contribution in [0.4, 0.5) is 5.69 Å². The lowest BCUT2D eigenvalue weighted by Crippen LogP contribution is -2.34. The smallest absolute Gasteiger partial charge is 0.354 e. The van der Waals surface area contributed by atoms with Crippen LogP contribution in [-0.2, 0) is 33.0 Å². The van der Waals surface area contributed by atoms with Crippen molar-refractivity contribution in [1.82, 2.24) is 8.87 Å². The molecule has 28 heavy (non-hydrogen) atoms. The molecule has 0 saturated carbocycles. The van der Waals surface area contributed by atoms with Crippen molar-refractivity contribution in [2.24, 2.45) is 7.05 Å². The summed E-state index contributed by atoms with van der Waals surface area (Å²) in [5.41, 5.74) is 1.85. The number of rotatable bonds is 8. The summed E-state index contributed by atoms with van der Waals surface area (Å²) >= 11 is 0. The summed E-state index contributed by atoms with van der Waals surface area (Å²) in [5.74, 6) is -1.07. The van der Waals surface area contributed by atoms with Gasteiger partial charge in [0, 0.05) is 26.0 Å². The molecule has 8 nitrogen and oxygen atoms in total. The van der Waals surface area contributed by atoms with Gasteiger partial charge in [-0.2, -0.15) is 4.31 Å². The Morgan fingerprint density at radius 3 is 2.39 bits per heavy atom. The SMILES string of the molecule is CCOC(=O)c1cc(S(=O)(=O)N(C)CC(=O)Nc2ccc(CC)cc2)cn1C. The molecule has 0 unspecified atom stereocenters. The fraction of sp³-hybridized carbons (Fsp3) is 0.368. The number of hydrogen-bond acceptors (Lipinski definition) is 5. The Hall–Kier alpha value is -2.65. The number of sulfonamides is 1. The molecule has 1 N–H and O–H groups in total. The average molecular weight is 407 g/mol. The van der Waals surface area contributed by atoms with Gasteiger partial charge in [0.05, 0.1) is 13.2 Å². The number of nitrogens with one attached hydrogen (secondary N) is 1. The number of esters is 1. The summed E-state index contributed by atoms with van der Waals surface area (Å²) in [4.78, 5) is 24.0. The molecule has 0 spiro atoms. The summed E-state index contributed by atoms with van der Waals surface area (Å²) in [5, 5.41) is 2.67. The standard InChI is InChI=1S/C19H25N3O5S/c1-5-14-7-9-15(10-8-14)20-18(23)13-22(4)28(25,26)16-11-17(21(3)12-16)19(24)27-6-2/h7-12H,5-6,13H2,1-4H3,(H,20,23). The largest absolute Gasteiger partial charge is 0.461 e. The Labute approximate surface area is 165 Å². The van der Waals surface area contributed by atoms with Crippen LogP contribution in [-0.4, -0.2) is 49.4 Å². The molecular weight excluding hydrogens is 382 g/mol. The molecule has 0 aliphatic rings. The second kappa shape index (κ2) is 9.03. The van der Waals surface area contributed by atoms with Crippen LogP contribution >= 0.6 is 0 Å². The average Bonchev–Trinajstić information content (AvgIpc) is 3.05. The van der Waals surface area contributed by atoms with Crippen molar-refractivity contribution in [3.8, 4) is 0 Å². The van der Waals surface area contributed by atoms with Crippen LogP contribution in [0, 0.1) is 0 Å². The van der Waals surface area contributed by atoms with E-state index in [-0.39, 0.29) is 23.7 Å². The number of aryl methyl sites for hydroxylation is 2. The lowest BCUT2D eigenvalue weighted by molar-refractivity contribution is -0.116. The maximum atomic E-state index is 12.7. The number of hydrogen-bond donors (Lipinski definition) is 1. The van der Waals surface area contributed by atoms with E-state index in [1.807, 2.05) is 19.1 Å². The second-order valence-corrected chi connectivity index (χ2v) is 8.30. The third kappa shape index (κ3) is 4.99. The summed E-state index contributed by atoms with van der Waals surface area (Å²) in [7, 11) is -1.08. The molecule has 0 atom stereocenters. The fourth-order valence-electron chi connectivity index (χ4n) is 2.57. The number of nitrogens with zero attached hydrogens (tertiary/aromatic N) is 2. The first kappa shape index (κ1) is 21.6. The predicted molar refractivity (Wildman–Crippen MR) is 106 cm³/mol. The lowest BCUT2D eigenvalue weighted by atomic mass is 10.1.